The Balaban J connectivity index is 2.05. The van der Waals surface area contributed by atoms with Crippen LogP contribution in [0.4, 0.5) is 0 Å². The van der Waals surface area contributed by atoms with Crippen LogP contribution in [0.1, 0.15) is 12.8 Å². The molecule has 4 heteroatoms. The SMILES string of the molecule is ClCC1=NOC2OCCCC12. The predicted octanol–water partition coefficient (Wildman–Crippen LogP) is 1.36. The summed E-state index contributed by atoms with van der Waals surface area (Å²) in [5, 5.41) is 3.86. The van der Waals surface area contributed by atoms with Crippen molar-refractivity contribution in [3.8, 4) is 0 Å². The van der Waals surface area contributed by atoms with E-state index in [0.29, 0.717) is 11.8 Å². The number of rotatable bonds is 1. The summed E-state index contributed by atoms with van der Waals surface area (Å²) in [5.41, 5.74) is 0.941. The van der Waals surface area contributed by atoms with E-state index in [9.17, 15) is 0 Å². The molecule has 1 fully saturated rings. The number of ether oxygens (including phenoxy) is 1. The van der Waals surface area contributed by atoms with Gasteiger partial charge in [-0.2, -0.15) is 0 Å². The second-order valence-corrected chi connectivity index (χ2v) is 3.08. The van der Waals surface area contributed by atoms with E-state index in [1.807, 2.05) is 0 Å². The first-order valence-electron chi connectivity index (χ1n) is 3.82. The minimum Gasteiger partial charge on any atom is -0.363 e. The molecule has 2 atom stereocenters. The predicted molar refractivity (Wildman–Crippen MR) is 41.7 cm³/mol. The smallest absolute Gasteiger partial charge is 0.235 e. The van der Waals surface area contributed by atoms with E-state index in [1.54, 1.807) is 0 Å². The summed E-state index contributed by atoms with van der Waals surface area (Å²) in [4.78, 5) is 5.04. The van der Waals surface area contributed by atoms with Gasteiger partial charge in [0.2, 0.25) is 6.29 Å². The number of hydrogen-bond acceptors (Lipinski definition) is 3. The van der Waals surface area contributed by atoms with E-state index in [4.69, 9.17) is 21.2 Å². The molecular weight excluding hydrogens is 166 g/mol. The van der Waals surface area contributed by atoms with Crippen LogP contribution in [0.25, 0.3) is 0 Å². The standard InChI is InChI=1S/C7H10ClNO2/c8-4-6-5-2-1-3-10-7(5)11-9-6/h5,7H,1-4H2. The maximum atomic E-state index is 5.66. The van der Waals surface area contributed by atoms with Crippen LogP contribution < -0.4 is 0 Å². The monoisotopic (exact) mass is 175 g/mol. The molecule has 0 spiro atoms. The van der Waals surface area contributed by atoms with Gasteiger partial charge in [0.1, 0.15) is 0 Å². The van der Waals surface area contributed by atoms with Gasteiger partial charge in [-0.25, -0.2) is 0 Å². The lowest BCUT2D eigenvalue weighted by Gasteiger charge is -2.23. The second kappa shape index (κ2) is 2.99. The third-order valence-electron chi connectivity index (χ3n) is 2.11. The summed E-state index contributed by atoms with van der Waals surface area (Å²) >= 11 is 5.66. The van der Waals surface area contributed by atoms with Crippen molar-refractivity contribution in [1.29, 1.82) is 0 Å². The molecule has 0 saturated carbocycles. The van der Waals surface area contributed by atoms with Gasteiger partial charge >= 0.3 is 0 Å². The molecule has 0 bridgehead atoms. The number of nitrogens with zero attached hydrogens (tertiary/aromatic N) is 1. The van der Waals surface area contributed by atoms with Crippen LogP contribution in [-0.2, 0) is 9.57 Å². The fourth-order valence-corrected chi connectivity index (χ4v) is 1.74. The lowest BCUT2D eigenvalue weighted by atomic mass is 9.97. The van der Waals surface area contributed by atoms with Gasteiger partial charge in [0.05, 0.1) is 24.1 Å². The molecule has 2 rings (SSSR count). The maximum Gasteiger partial charge on any atom is 0.235 e. The molecule has 0 aromatic heterocycles. The number of alkyl halides is 1. The third kappa shape index (κ3) is 1.23. The van der Waals surface area contributed by atoms with Gasteiger partial charge in [0, 0.05) is 0 Å². The average molecular weight is 176 g/mol. The Bertz CT molecular complexity index is 183. The van der Waals surface area contributed by atoms with E-state index >= 15 is 0 Å². The maximum absolute atomic E-state index is 5.66. The van der Waals surface area contributed by atoms with Crippen molar-refractivity contribution < 1.29 is 9.57 Å². The molecule has 2 heterocycles. The van der Waals surface area contributed by atoms with Crippen LogP contribution in [0.3, 0.4) is 0 Å². The Kier molecular flexibility index (Phi) is 2.00. The van der Waals surface area contributed by atoms with Crippen molar-refractivity contribution in [2.45, 2.75) is 19.1 Å². The molecule has 0 N–H and O–H groups in total. The van der Waals surface area contributed by atoms with Gasteiger partial charge in [-0.05, 0) is 12.8 Å². The van der Waals surface area contributed by atoms with E-state index in [0.717, 1.165) is 25.2 Å². The minimum atomic E-state index is -0.141. The van der Waals surface area contributed by atoms with Crippen molar-refractivity contribution in [2.75, 3.05) is 12.5 Å². The van der Waals surface area contributed by atoms with Gasteiger partial charge in [-0.3, -0.25) is 0 Å². The largest absolute Gasteiger partial charge is 0.363 e. The lowest BCUT2D eigenvalue weighted by molar-refractivity contribution is -0.162. The molecule has 62 valence electrons. The fraction of sp³-hybridized carbons (Fsp3) is 0.857. The van der Waals surface area contributed by atoms with Crippen LogP contribution in [0, 0.1) is 5.92 Å². The van der Waals surface area contributed by atoms with Gasteiger partial charge in [-0.1, -0.05) is 5.16 Å². The average Bonchev–Trinajstić information content (AvgIpc) is 2.47. The van der Waals surface area contributed by atoms with E-state index in [2.05, 4.69) is 5.16 Å². The van der Waals surface area contributed by atoms with Crippen LogP contribution in [0.5, 0.6) is 0 Å². The lowest BCUT2D eigenvalue weighted by Crippen LogP contribution is -2.31. The Morgan fingerprint density at radius 3 is 3.36 bits per heavy atom. The van der Waals surface area contributed by atoms with E-state index in [-0.39, 0.29) is 6.29 Å². The quantitative estimate of drug-likeness (QED) is 0.564. The molecule has 2 aliphatic heterocycles. The van der Waals surface area contributed by atoms with E-state index < -0.39 is 0 Å². The molecule has 0 aliphatic carbocycles. The molecule has 2 unspecified atom stereocenters. The van der Waals surface area contributed by atoms with Crippen molar-refractivity contribution >= 4 is 17.3 Å². The van der Waals surface area contributed by atoms with Crippen molar-refractivity contribution in [1.82, 2.24) is 0 Å². The van der Waals surface area contributed by atoms with Gasteiger partial charge in [-0.15, -0.1) is 11.6 Å². The van der Waals surface area contributed by atoms with Crippen molar-refractivity contribution in [3.63, 3.8) is 0 Å². The molecule has 1 saturated heterocycles. The Morgan fingerprint density at radius 2 is 2.55 bits per heavy atom. The Labute approximate surface area is 70.3 Å². The number of hydrogen-bond donors (Lipinski definition) is 0. The topological polar surface area (TPSA) is 30.8 Å². The number of fused-ring (bicyclic) bond motifs is 1. The highest BCUT2D eigenvalue weighted by atomic mass is 35.5. The molecular formula is C7H10ClNO2. The first kappa shape index (κ1) is 7.37. The molecule has 0 radical (unpaired) electrons. The zero-order valence-electron chi connectivity index (χ0n) is 6.12. The highest BCUT2D eigenvalue weighted by molar-refractivity contribution is 6.29. The summed E-state index contributed by atoms with van der Waals surface area (Å²) in [7, 11) is 0. The van der Waals surface area contributed by atoms with Crippen LogP contribution >= 0.6 is 11.6 Å². The first-order valence-corrected chi connectivity index (χ1v) is 4.35. The van der Waals surface area contributed by atoms with Crippen LogP contribution in [0.15, 0.2) is 5.16 Å². The fourth-order valence-electron chi connectivity index (χ4n) is 1.49. The molecule has 0 amide bonds. The highest BCUT2D eigenvalue weighted by Gasteiger charge is 2.36. The van der Waals surface area contributed by atoms with Crippen molar-refractivity contribution in [2.24, 2.45) is 11.1 Å². The van der Waals surface area contributed by atoms with Gasteiger partial charge < -0.3 is 9.57 Å². The molecule has 11 heavy (non-hydrogen) atoms. The summed E-state index contributed by atoms with van der Waals surface area (Å²) in [6, 6.07) is 0. The van der Waals surface area contributed by atoms with Crippen molar-refractivity contribution in [3.05, 3.63) is 0 Å². The molecule has 0 aromatic rings. The molecule has 2 aliphatic rings. The summed E-state index contributed by atoms with van der Waals surface area (Å²) in [6.45, 7) is 0.784. The van der Waals surface area contributed by atoms with E-state index in [1.165, 1.54) is 0 Å². The Hall–Kier alpha value is -0.280. The van der Waals surface area contributed by atoms with Crippen LogP contribution in [-0.4, -0.2) is 24.5 Å². The highest BCUT2D eigenvalue weighted by Crippen LogP contribution is 2.28. The summed E-state index contributed by atoms with van der Waals surface area (Å²) in [6.07, 6.45) is 2.04. The summed E-state index contributed by atoms with van der Waals surface area (Å²) < 4.78 is 5.34. The third-order valence-corrected chi connectivity index (χ3v) is 2.38. The van der Waals surface area contributed by atoms with Gasteiger partial charge in [0.15, 0.2) is 0 Å². The zero-order chi connectivity index (χ0) is 7.68. The minimum absolute atomic E-state index is 0.141. The summed E-state index contributed by atoms with van der Waals surface area (Å²) in [5.74, 6) is 0.783. The first-order chi connectivity index (χ1) is 5.42. The number of halogens is 1. The normalized spacial score (nSPS) is 35.9. The number of oxime groups is 1. The zero-order valence-corrected chi connectivity index (χ0v) is 6.88. The van der Waals surface area contributed by atoms with Gasteiger partial charge in [0.25, 0.3) is 0 Å². The van der Waals surface area contributed by atoms with Crippen LogP contribution in [0.2, 0.25) is 0 Å². The molecule has 3 nitrogen and oxygen atoms in total. The Morgan fingerprint density at radius 1 is 1.64 bits per heavy atom. The second-order valence-electron chi connectivity index (χ2n) is 2.81. The molecule has 0 aromatic carbocycles.